The van der Waals surface area contributed by atoms with Gasteiger partial charge in [0.25, 0.3) is 0 Å². The summed E-state index contributed by atoms with van der Waals surface area (Å²) in [5.41, 5.74) is 20.1. The lowest BCUT2D eigenvalue weighted by molar-refractivity contribution is 0.994. The van der Waals surface area contributed by atoms with Crippen LogP contribution in [0.1, 0.15) is 0 Å². The number of fused-ring (bicyclic) bond motifs is 16. The van der Waals surface area contributed by atoms with Crippen LogP contribution in [0.15, 0.2) is 340 Å². The van der Waals surface area contributed by atoms with Crippen LogP contribution in [0.3, 0.4) is 0 Å². The number of nitrogens with zero attached hydrogens (tertiary/aromatic N) is 8. The van der Waals surface area contributed by atoms with E-state index in [-0.39, 0.29) is 0 Å². The Morgan fingerprint density at radius 3 is 1.02 bits per heavy atom. The number of para-hydroxylation sites is 5. The first kappa shape index (κ1) is 54.7. The molecule has 0 radical (unpaired) electrons. The Balaban J connectivity index is 0.000000135. The summed E-state index contributed by atoms with van der Waals surface area (Å²) in [6, 6.07) is 116. The SMILES string of the molecule is c1ccc(-c2ccc3c(c2)c2cc(-c4ccnc(-n5c6ccccc6c6ccc7ccccc7c65)n4)ccc2n3-c2ccccc2)cc1.c1ccc(-n2c3ccccc3c3cc(-c4ccc(-c5ccnc(-n6c7ccccc7c7ccc8ccccc8c76)n5)cc4)ccc32)cc1. The monoisotopic (exact) mass is 1220 g/mol. The second kappa shape index (κ2) is 22.4. The van der Waals surface area contributed by atoms with Crippen LogP contribution in [0.2, 0.25) is 0 Å². The van der Waals surface area contributed by atoms with E-state index < -0.39 is 0 Å². The summed E-state index contributed by atoms with van der Waals surface area (Å²) in [6.45, 7) is 0. The Morgan fingerprint density at radius 1 is 0.198 bits per heavy atom. The van der Waals surface area contributed by atoms with Gasteiger partial charge in [-0.3, -0.25) is 9.13 Å². The summed E-state index contributed by atoms with van der Waals surface area (Å²) in [6.07, 6.45) is 3.75. The summed E-state index contributed by atoms with van der Waals surface area (Å²) < 4.78 is 9.15. The van der Waals surface area contributed by atoms with Gasteiger partial charge >= 0.3 is 0 Å². The molecule has 0 atom stereocenters. The van der Waals surface area contributed by atoms with Gasteiger partial charge in [0.05, 0.1) is 55.5 Å². The van der Waals surface area contributed by atoms with Gasteiger partial charge in [0.1, 0.15) is 0 Å². The Labute approximate surface area is 551 Å². The molecule has 20 rings (SSSR count). The predicted molar refractivity (Wildman–Crippen MR) is 398 cm³/mol. The number of hydrogen-bond donors (Lipinski definition) is 0. The van der Waals surface area contributed by atoms with Gasteiger partial charge in [0, 0.05) is 88.8 Å². The smallest absolute Gasteiger partial charge is 0.235 e. The highest BCUT2D eigenvalue weighted by molar-refractivity contribution is 6.20. The summed E-state index contributed by atoms with van der Waals surface area (Å²) in [5.74, 6) is 1.33. The van der Waals surface area contributed by atoms with E-state index in [1.165, 1.54) is 109 Å². The molecule has 0 aliphatic heterocycles. The first-order chi connectivity index (χ1) is 47.6. The molecule has 6 aromatic heterocycles. The van der Waals surface area contributed by atoms with Crippen LogP contribution in [-0.4, -0.2) is 38.2 Å². The predicted octanol–water partition coefficient (Wildman–Crippen LogP) is 22.3. The maximum atomic E-state index is 5.25. The molecule has 0 saturated heterocycles. The molecule has 448 valence electrons. The minimum atomic E-state index is 0.660. The van der Waals surface area contributed by atoms with Crippen LogP contribution < -0.4 is 0 Å². The molecule has 96 heavy (non-hydrogen) atoms. The lowest BCUT2D eigenvalue weighted by atomic mass is 10.0. The van der Waals surface area contributed by atoms with Crippen molar-refractivity contribution >= 4 is 109 Å². The molecule has 0 unspecified atom stereocenters. The molecule has 14 aromatic carbocycles. The molecule has 8 heteroatoms. The molecule has 6 heterocycles. The first-order valence-electron chi connectivity index (χ1n) is 32.5. The number of hydrogen-bond acceptors (Lipinski definition) is 4. The normalized spacial score (nSPS) is 11.8. The van der Waals surface area contributed by atoms with E-state index >= 15 is 0 Å². The minimum absolute atomic E-state index is 0.660. The molecular weight excluding hydrogens is 1170 g/mol. The average molecular weight is 1230 g/mol. The van der Waals surface area contributed by atoms with Gasteiger partial charge in [0.15, 0.2) is 0 Å². The van der Waals surface area contributed by atoms with Crippen molar-refractivity contribution in [3.8, 4) is 68.0 Å². The standard InChI is InChI=1S/2C44H28N4/c1-3-11-29(12-4-1)31-20-23-41-37(27-31)38-28-32(21-24-42(38)47(41)33-14-5-2-6-15-33)39-25-26-45-44(46-39)48-40-18-10-9-17-35(40)36-22-19-30-13-7-8-16-34(30)43(36)48;1-2-11-33(12-3-1)47-40-16-8-7-15-36(40)38-28-32(23-25-42(38)47)29-18-20-31(21-19-29)39-26-27-45-44(46-39)48-41-17-9-6-14-35(41)37-24-22-30-10-4-5-13-34(30)43(37)48/h2*1-28H. The average Bonchev–Trinajstić information content (AvgIpc) is 1.59. The van der Waals surface area contributed by atoms with Gasteiger partial charge in [-0.15, -0.1) is 0 Å². The van der Waals surface area contributed by atoms with Gasteiger partial charge < -0.3 is 9.13 Å². The zero-order valence-electron chi connectivity index (χ0n) is 51.9. The van der Waals surface area contributed by atoms with Gasteiger partial charge in [-0.05, 0) is 124 Å². The molecule has 0 amide bonds. The number of rotatable bonds is 8. The molecule has 0 bridgehead atoms. The molecule has 0 fully saturated rings. The van der Waals surface area contributed by atoms with E-state index in [2.05, 4.69) is 334 Å². The van der Waals surface area contributed by atoms with E-state index in [1.54, 1.807) is 0 Å². The fraction of sp³-hybridized carbons (Fsp3) is 0. The van der Waals surface area contributed by atoms with Crippen molar-refractivity contribution in [2.45, 2.75) is 0 Å². The summed E-state index contributed by atoms with van der Waals surface area (Å²) in [5, 5.41) is 14.4. The zero-order valence-corrected chi connectivity index (χ0v) is 51.9. The van der Waals surface area contributed by atoms with E-state index in [4.69, 9.17) is 19.9 Å². The number of aromatic nitrogens is 8. The largest absolute Gasteiger partial charge is 0.309 e. The van der Waals surface area contributed by atoms with Gasteiger partial charge in [0.2, 0.25) is 11.9 Å². The third kappa shape index (κ3) is 8.92. The third-order valence-electron chi connectivity index (χ3n) is 19.2. The van der Waals surface area contributed by atoms with Crippen LogP contribution >= 0.6 is 0 Å². The minimum Gasteiger partial charge on any atom is -0.309 e. The molecule has 20 aromatic rings. The van der Waals surface area contributed by atoms with Crippen LogP contribution in [0, 0.1) is 0 Å². The van der Waals surface area contributed by atoms with Crippen LogP contribution in [0.4, 0.5) is 0 Å². The maximum Gasteiger partial charge on any atom is 0.235 e. The fourth-order valence-corrected chi connectivity index (χ4v) is 14.8. The second-order valence-electron chi connectivity index (χ2n) is 24.6. The maximum absolute atomic E-state index is 5.25. The fourth-order valence-electron chi connectivity index (χ4n) is 14.8. The van der Waals surface area contributed by atoms with Crippen molar-refractivity contribution in [2.75, 3.05) is 0 Å². The lowest BCUT2D eigenvalue weighted by Gasteiger charge is -2.10. The van der Waals surface area contributed by atoms with Crippen LogP contribution in [0.5, 0.6) is 0 Å². The highest BCUT2D eigenvalue weighted by Gasteiger charge is 2.21. The van der Waals surface area contributed by atoms with Crippen molar-refractivity contribution in [3.63, 3.8) is 0 Å². The van der Waals surface area contributed by atoms with Crippen molar-refractivity contribution < 1.29 is 0 Å². The Bertz CT molecular complexity index is 6440. The first-order valence-corrected chi connectivity index (χ1v) is 32.5. The molecule has 0 aliphatic rings. The summed E-state index contributed by atoms with van der Waals surface area (Å²) in [7, 11) is 0. The van der Waals surface area contributed by atoms with Crippen molar-refractivity contribution in [1.29, 1.82) is 0 Å². The Kier molecular flexibility index (Phi) is 12.7. The third-order valence-corrected chi connectivity index (χ3v) is 19.2. The molecule has 0 aliphatic carbocycles. The topological polar surface area (TPSA) is 71.3 Å². The quantitative estimate of drug-likeness (QED) is 0.152. The Hall–Kier alpha value is -13.0. The van der Waals surface area contributed by atoms with Crippen molar-refractivity contribution in [2.24, 2.45) is 0 Å². The van der Waals surface area contributed by atoms with Gasteiger partial charge in [-0.2, -0.15) is 0 Å². The second-order valence-corrected chi connectivity index (χ2v) is 24.6. The van der Waals surface area contributed by atoms with Crippen LogP contribution in [-0.2, 0) is 0 Å². The van der Waals surface area contributed by atoms with Gasteiger partial charge in [-0.25, -0.2) is 19.9 Å². The molecule has 0 N–H and O–H groups in total. The molecule has 0 spiro atoms. The zero-order chi connectivity index (χ0) is 63.2. The highest BCUT2D eigenvalue weighted by Crippen LogP contribution is 2.42. The van der Waals surface area contributed by atoms with E-state index in [9.17, 15) is 0 Å². The van der Waals surface area contributed by atoms with Crippen molar-refractivity contribution in [1.82, 2.24) is 38.2 Å². The highest BCUT2D eigenvalue weighted by atomic mass is 15.2. The molecule has 0 saturated carbocycles. The molecule has 8 nitrogen and oxygen atoms in total. The number of benzene rings is 14. The van der Waals surface area contributed by atoms with Crippen LogP contribution in [0.25, 0.3) is 177 Å². The van der Waals surface area contributed by atoms with E-state index in [0.717, 1.165) is 55.8 Å². The van der Waals surface area contributed by atoms with Crippen molar-refractivity contribution in [3.05, 3.63) is 340 Å². The summed E-state index contributed by atoms with van der Waals surface area (Å²) >= 11 is 0. The molecular formula is C88H56N8. The van der Waals surface area contributed by atoms with E-state index in [1.807, 2.05) is 24.5 Å². The lowest BCUT2D eigenvalue weighted by Crippen LogP contribution is -2.02. The Morgan fingerprint density at radius 2 is 0.531 bits per heavy atom. The van der Waals surface area contributed by atoms with Gasteiger partial charge in [-0.1, -0.05) is 237 Å². The summed E-state index contributed by atoms with van der Waals surface area (Å²) in [4.78, 5) is 20.1. The van der Waals surface area contributed by atoms with E-state index in [0.29, 0.717) is 11.9 Å².